The van der Waals surface area contributed by atoms with Crippen molar-refractivity contribution in [3.63, 3.8) is 0 Å². The van der Waals surface area contributed by atoms with Crippen molar-refractivity contribution in [1.29, 1.82) is 0 Å². The van der Waals surface area contributed by atoms with Gasteiger partial charge in [0.2, 0.25) is 0 Å². The third-order valence-electron chi connectivity index (χ3n) is 2.25. The molecule has 0 aromatic rings. The summed E-state index contributed by atoms with van der Waals surface area (Å²) in [5, 5.41) is 0. The van der Waals surface area contributed by atoms with Crippen LogP contribution in [0.1, 0.15) is 27.2 Å². The quantitative estimate of drug-likeness (QED) is 0.338. The fraction of sp³-hybridized carbons (Fsp3) is 0.700. The first-order valence-electron chi connectivity index (χ1n) is 4.28. The van der Waals surface area contributed by atoms with E-state index in [9.17, 15) is 0 Å². The van der Waals surface area contributed by atoms with Gasteiger partial charge in [-0.05, 0) is 19.5 Å². The van der Waals surface area contributed by atoms with E-state index in [0.29, 0.717) is 0 Å². The zero-order chi connectivity index (χ0) is 7.56. The van der Waals surface area contributed by atoms with Gasteiger partial charge >= 0.3 is 0 Å². The largest absolute Gasteiger partial charge is 0.377 e. The molecule has 1 radical (unpaired) electrons. The van der Waals surface area contributed by atoms with Crippen molar-refractivity contribution in [1.82, 2.24) is 4.90 Å². The summed E-state index contributed by atoms with van der Waals surface area (Å²) in [6.07, 6.45) is 3.70. The van der Waals surface area contributed by atoms with E-state index >= 15 is 0 Å². The maximum Gasteiger partial charge on any atom is 0.0239 e. The topological polar surface area (TPSA) is 3.24 Å². The Morgan fingerprint density at radius 1 is 0.474 bits per heavy atom. The van der Waals surface area contributed by atoms with Crippen LogP contribution in [0.15, 0.2) is 11.8 Å². The average molecular weight is 5020 g/mol. The first-order valence-corrected chi connectivity index (χ1v) is 4.28. The summed E-state index contributed by atoms with van der Waals surface area (Å²) in [6, 6.07) is 0. The Morgan fingerprint density at radius 3 is 0.711 bits per heavy atom. The zero-order valence-electron chi connectivity index (χ0n) is 19.4. The van der Waals surface area contributed by atoms with Gasteiger partial charge in [0.05, 0.1) is 0 Å². The molecule has 38 heavy (non-hydrogen) atoms. The third-order valence-corrected chi connectivity index (χ3v) is 2.25. The summed E-state index contributed by atoms with van der Waals surface area (Å²) in [4.78, 5) is 2.42. The van der Waals surface area contributed by atoms with E-state index in [1.165, 1.54) is 19.5 Å². The standard InChI is InChI=1S/C7H11N.C2H6.CH3.26W.Y/c1-6-4-8-3-2-7(6)5-8;1-2;;;;;;;;;;;;;;;;;;;;;;;;;;;;/h4,7H,2-3,5H2,1H3;1-2H3;1H3;;;;;;;;;;;;;;;;;;;;;;;;;;;/q;;-1;;;;;;;;;;;;;;;;;;;;;;;;;;;. The molecule has 0 aliphatic carbocycles. The monoisotopic (exact) mass is 5030 g/mol. The smallest absolute Gasteiger partial charge is 0.0239 e. The molecule has 0 saturated carbocycles. The first-order chi connectivity index (χ1) is 4.86. The molecule has 225 valence electrons. The second kappa shape index (κ2) is 166. The van der Waals surface area contributed by atoms with Gasteiger partial charge in [-0.25, -0.2) is 0 Å². The molecule has 0 aromatic carbocycles. The SMILES string of the molecule is CC.CC1=CN2CCC1C2.[CH3-].[W].[W].[W].[W].[W].[W].[W].[W].[W].[W].[W].[W].[W].[W].[W].[W].[W].[W].[W].[W].[W].[W].[W].[W].[W].[W].[Y]. The summed E-state index contributed by atoms with van der Waals surface area (Å²) in [5.41, 5.74) is 1.59. The predicted octanol–water partition coefficient (Wildman–Crippen LogP) is 2.63. The summed E-state index contributed by atoms with van der Waals surface area (Å²) >= 11 is 0. The van der Waals surface area contributed by atoms with Crippen LogP contribution in [0.5, 0.6) is 0 Å². The van der Waals surface area contributed by atoms with Gasteiger partial charge in [-0.3, -0.25) is 0 Å². The number of nitrogens with zero attached hydrogens (tertiary/aromatic N) is 1. The fourth-order valence-electron chi connectivity index (χ4n) is 1.67. The molecule has 1 atom stereocenters. The van der Waals surface area contributed by atoms with Crippen molar-refractivity contribution in [2.45, 2.75) is 27.2 Å². The average Bonchev–Trinajstić information content (AvgIpc) is 2.52. The van der Waals surface area contributed by atoms with Crippen LogP contribution in [0.25, 0.3) is 0 Å². The van der Waals surface area contributed by atoms with E-state index in [2.05, 4.69) is 18.0 Å². The molecule has 0 amide bonds. The van der Waals surface area contributed by atoms with Crippen LogP contribution in [0.2, 0.25) is 0 Å². The Morgan fingerprint density at radius 2 is 0.658 bits per heavy atom. The molecule has 1 fully saturated rings. The first kappa shape index (κ1) is 214. The van der Waals surface area contributed by atoms with Gasteiger partial charge in [-0.2, -0.15) is 0 Å². The molecular weight excluding hydrogens is 5000 g/mol. The molecule has 2 bridgehead atoms. The fourth-order valence-corrected chi connectivity index (χ4v) is 1.67. The summed E-state index contributed by atoms with van der Waals surface area (Å²) in [7, 11) is 0. The van der Waals surface area contributed by atoms with Crippen molar-refractivity contribution in [3.05, 3.63) is 19.2 Å². The minimum Gasteiger partial charge on any atom is -0.377 e. The Labute approximate surface area is 633 Å². The van der Waals surface area contributed by atoms with Crippen LogP contribution >= 0.6 is 0 Å². The molecule has 2 aliphatic heterocycles. The van der Waals surface area contributed by atoms with Crippen LogP contribution in [-0.4, -0.2) is 18.0 Å². The maximum atomic E-state index is 2.42. The summed E-state index contributed by atoms with van der Waals surface area (Å²) in [5.74, 6) is 0.926. The molecule has 2 heterocycles. The molecule has 2 rings (SSSR count). The second-order valence-corrected chi connectivity index (χ2v) is 2.85. The van der Waals surface area contributed by atoms with Crippen LogP contribution in [0, 0.1) is 13.3 Å². The van der Waals surface area contributed by atoms with Crippen LogP contribution in [0.4, 0.5) is 0 Å². The van der Waals surface area contributed by atoms with E-state index < -0.39 is 0 Å². The van der Waals surface area contributed by atoms with Crippen molar-refractivity contribution in [2.24, 2.45) is 5.92 Å². The van der Waals surface area contributed by atoms with Gasteiger partial charge in [0.15, 0.2) is 0 Å². The molecule has 2 aliphatic rings. The van der Waals surface area contributed by atoms with Crippen LogP contribution < -0.4 is 0 Å². The Bertz CT molecular complexity index is 177. The molecule has 0 N–H and O–H groups in total. The molecular formula is C10H20NW26Y-. The minimum atomic E-state index is 0. The van der Waals surface area contributed by atoms with Gasteiger partial charge in [-0.15, -0.1) is 0 Å². The minimum absolute atomic E-state index is 0. The third kappa shape index (κ3) is 124. The van der Waals surface area contributed by atoms with Crippen molar-refractivity contribution in [2.75, 3.05) is 13.1 Å². The van der Waals surface area contributed by atoms with Gasteiger partial charge < -0.3 is 12.3 Å². The van der Waals surface area contributed by atoms with E-state index in [1.807, 2.05) is 13.8 Å². The molecule has 1 nitrogen and oxygen atoms in total. The molecule has 1 unspecified atom stereocenters. The number of hydrogen-bond donors (Lipinski definition) is 0. The van der Waals surface area contributed by atoms with E-state index in [0.717, 1.165) is 5.92 Å². The van der Waals surface area contributed by atoms with Crippen LogP contribution in [0.3, 0.4) is 0 Å². The number of fused-ring (bicyclic) bond motifs is 2. The van der Waals surface area contributed by atoms with E-state index in [-0.39, 0.29) is 588 Å². The molecule has 0 aromatic heterocycles. The van der Waals surface area contributed by atoms with Crippen LogP contribution in [-0.2, 0) is 580 Å². The Kier molecular flexibility index (Phi) is 936. The predicted molar refractivity (Wildman–Crippen MR) is 51.2 cm³/mol. The van der Waals surface area contributed by atoms with Crippen molar-refractivity contribution >= 4 is 0 Å². The molecule has 1 saturated heterocycles. The van der Waals surface area contributed by atoms with Gasteiger partial charge in [0, 0.05) is 599 Å². The van der Waals surface area contributed by atoms with Gasteiger partial charge in [0.25, 0.3) is 0 Å². The number of hydrogen-bond acceptors (Lipinski definition) is 1. The second-order valence-electron chi connectivity index (χ2n) is 2.85. The van der Waals surface area contributed by atoms with E-state index in [4.69, 9.17) is 0 Å². The Balaban J connectivity index is -0.00000000126. The Hall–Kier alpha value is 18.5. The van der Waals surface area contributed by atoms with Gasteiger partial charge in [-0.1, -0.05) is 19.4 Å². The summed E-state index contributed by atoms with van der Waals surface area (Å²) < 4.78 is 0. The maximum absolute atomic E-state index is 2.42. The zero-order valence-corrected chi connectivity index (χ0v) is 98.5. The van der Waals surface area contributed by atoms with Crippen molar-refractivity contribution < 1.29 is 580 Å². The van der Waals surface area contributed by atoms with E-state index in [1.54, 1.807) is 5.57 Å². The summed E-state index contributed by atoms with van der Waals surface area (Å²) in [6.45, 7) is 8.86. The normalized spacial score (nSPS) is 7.29. The van der Waals surface area contributed by atoms with Crippen molar-refractivity contribution in [3.8, 4) is 0 Å². The molecule has 0 spiro atoms. The number of rotatable bonds is 0. The molecule has 28 heteroatoms. The van der Waals surface area contributed by atoms with Gasteiger partial charge in [0.1, 0.15) is 0 Å².